The number of hydrogen-bond donors (Lipinski definition) is 1. The van der Waals surface area contributed by atoms with E-state index in [0.29, 0.717) is 37.1 Å². The number of halogens is 2. The quantitative estimate of drug-likeness (QED) is 0.207. The van der Waals surface area contributed by atoms with Gasteiger partial charge in [-0.05, 0) is 94.8 Å². The lowest BCUT2D eigenvalue weighted by atomic mass is 10.00. The van der Waals surface area contributed by atoms with Gasteiger partial charge in [-0.3, -0.25) is 9.59 Å². The van der Waals surface area contributed by atoms with Crippen LogP contribution in [0.25, 0.3) is 22.3 Å². The van der Waals surface area contributed by atoms with E-state index in [4.69, 9.17) is 5.11 Å². The highest BCUT2D eigenvalue weighted by atomic mass is 19.1. The summed E-state index contributed by atoms with van der Waals surface area (Å²) in [5.41, 5.74) is 6.51. The molecule has 0 spiro atoms. The van der Waals surface area contributed by atoms with Crippen molar-refractivity contribution in [1.29, 1.82) is 0 Å². The number of benzene rings is 4. The lowest BCUT2D eigenvalue weighted by Gasteiger charge is -2.16. The van der Waals surface area contributed by atoms with Crippen LogP contribution in [0.1, 0.15) is 73.4 Å². The third kappa shape index (κ3) is 7.85. The van der Waals surface area contributed by atoms with E-state index in [-0.39, 0.29) is 37.8 Å². The SMILES string of the molecule is C.C.CCC(=O)N1CCc2cc(-c3ccc(C(=O)O)c(F)c3)ccc21.CCC(=O)N1CCc2cc(-c3ccc(C(=O)OC)c(F)c3)ccc21. The Morgan fingerprint density at radius 2 is 1.04 bits per heavy atom. The second-order valence-corrected chi connectivity index (χ2v) is 11.2. The van der Waals surface area contributed by atoms with Gasteiger partial charge in [-0.25, -0.2) is 18.4 Å². The average Bonchev–Trinajstić information content (AvgIpc) is 3.71. The molecule has 8 nitrogen and oxygen atoms in total. The molecule has 2 aliphatic rings. The zero-order valence-electron chi connectivity index (χ0n) is 26.3. The first-order valence-corrected chi connectivity index (χ1v) is 15.3. The largest absolute Gasteiger partial charge is 0.478 e. The summed E-state index contributed by atoms with van der Waals surface area (Å²) in [7, 11) is 1.22. The normalized spacial score (nSPS) is 12.4. The number of carboxylic acids is 1. The molecule has 4 aromatic carbocycles. The molecule has 49 heavy (non-hydrogen) atoms. The minimum Gasteiger partial charge on any atom is -0.478 e. The monoisotopic (exact) mass is 672 g/mol. The topological polar surface area (TPSA) is 104 Å². The first-order chi connectivity index (χ1) is 22.6. The molecular weight excluding hydrogens is 630 g/mol. The van der Waals surface area contributed by atoms with E-state index >= 15 is 0 Å². The second-order valence-electron chi connectivity index (χ2n) is 11.2. The van der Waals surface area contributed by atoms with Gasteiger partial charge in [-0.1, -0.05) is 53.0 Å². The molecule has 0 fully saturated rings. The molecule has 0 radical (unpaired) electrons. The number of fused-ring (bicyclic) bond motifs is 2. The number of amides is 2. The van der Waals surface area contributed by atoms with Crippen LogP contribution in [0.2, 0.25) is 0 Å². The van der Waals surface area contributed by atoms with Gasteiger partial charge in [-0.2, -0.15) is 0 Å². The Balaban J connectivity index is 0.000000255. The van der Waals surface area contributed by atoms with Crippen molar-refractivity contribution in [1.82, 2.24) is 0 Å². The summed E-state index contributed by atoms with van der Waals surface area (Å²) >= 11 is 0. The summed E-state index contributed by atoms with van der Waals surface area (Å²) in [5.74, 6) is -3.14. The fourth-order valence-corrected chi connectivity index (χ4v) is 5.90. The highest BCUT2D eigenvalue weighted by Crippen LogP contribution is 2.34. The van der Waals surface area contributed by atoms with Crippen molar-refractivity contribution in [3.05, 3.63) is 107 Å². The number of methoxy groups -OCH3 is 1. The van der Waals surface area contributed by atoms with Crippen molar-refractivity contribution in [2.75, 3.05) is 30.0 Å². The number of anilines is 2. The van der Waals surface area contributed by atoms with E-state index in [2.05, 4.69) is 4.74 Å². The molecule has 10 heteroatoms. The van der Waals surface area contributed by atoms with Crippen LogP contribution in [0.5, 0.6) is 0 Å². The maximum Gasteiger partial charge on any atom is 0.340 e. The molecule has 0 atom stereocenters. The van der Waals surface area contributed by atoms with Crippen LogP contribution in [-0.4, -0.2) is 49.1 Å². The van der Waals surface area contributed by atoms with Crippen LogP contribution >= 0.6 is 0 Å². The van der Waals surface area contributed by atoms with Crippen molar-refractivity contribution < 1.29 is 37.8 Å². The summed E-state index contributed by atoms with van der Waals surface area (Å²) in [6.45, 7) is 5.03. The Morgan fingerprint density at radius 1 is 0.653 bits per heavy atom. The number of carbonyl (C=O) groups excluding carboxylic acids is 3. The fourth-order valence-electron chi connectivity index (χ4n) is 5.90. The Morgan fingerprint density at radius 3 is 1.41 bits per heavy atom. The van der Waals surface area contributed by atoms with Crippen molar-refractivity contribution in [3.63, 3.8) is 0 Å². The number of nitrogens with zero attached hydrogens (tertiary/aromatic N) is 2. The van der Waals surface area contributed by atoms with Gasteiger partial charge in [0.15, 0.2) is 0 Å². The predicted molar refractivity (Wildman–Crippen MR) is 188 cm³/mol. The van der Waals surface area contributed by atoms with Gasteiger partial charge in [0, 0.05) is 37.3 Å². The Labute approximate surface area is 285 Å². The summed E-state index contributed by atoms with van der Waals surface area (Å²) < 4.78 is 32.5. The lowest BCUT2D eigenvalue weighted by molar-refractivity contribution is -0.119. The zero-order chi connectivity index (χ0) is 33.8. The van der Waals surface area contributed by atoms with E-state index in [1.54, 1.807) is 21.9 Å². The number of rotatable bonds is 6. The molecule has 6 rings (SSSR count). The summed E-state index contributed by atoms with van der Waals surface area (Å²) in [6.07, 6.45) is 2.49. The van der Waals surface area contributed by atoms with E-state index in [1.807, 2.05) is 50.2 Å². The zero-order valence-corrected chi connectivity index (χ0v) is 26.3. The smallest absolute Gasteiger partial charge is 0.340 e. The van der Waals surface area contributed by atoms with Gasteiger partial charge in [0.2, 0.25) is 11.8 Å². The average molecular weight is 673 g/mol. The van der Waals surface area contributed by atoms with Gasteiger partial charge in [0.25, 0.3) is 0 Å². The second kappa shape index (κ2) is 16.1. The molecular formula is C39H42F2N2O6. The standard InChI is InChI=1S/C19H18FNO3.C18H16FNO3.2CH4/c1-3-18(22)21-9-8-14-10-12(5-7-17(14)21)13-4-6-15(16(20)11-13)19(23)24-2;1-2-17(21)20-8-7-13-9-11(4-6-16(13)20)12-3-5-14(18(22)23)15(19)10-12;;/h4-7,10-11H,3,8-9H2,1-2H3;3-6,9-10H,2,7-8H2,1H3,(H,22,23);2*1H4. The fraction of sp³-hybridized carbons (Fsp3) is 0.282. The van der Waals surface area contributed by atoms with Crippen LogP contribution in [0.15, 0.2) is 72.8 Å². The maximum atomic E-state index is 14.1. The van der Waals surface area contributed by atoms with Crippen LogP contribution < -0.4 is 9.80 Å². The Kier molecular flexibility index (Phi) is 12.5. The van der Waals surface area contributed by atoms with Gasteiger partial charge >= 0.3 is 11.9 Å². The Bertz CT molecular complexity index is 1890. The molecule has 258 valence electrons. The summed E-state index contributed by atoms with van der Waals surface area (Å²) in [4.78, 5) is 49.7. The van der Waals surface area contributed by atoms with Crippen molar-refractivity contribution in [3.8, 4) is 22.3 Å². The number of esters is 1. The maximum absolute atomic E-state index is 14.1. The van der Waals surface area contributed by atoms with Gasteiger partial charge in [-0.15, -0.1) is 0 Å². The van der Waals surface area contributed by atoms with E-state index < -0.39 is 23.6 Å². The molecule has 4 aromatic rings. The summed E-state index contributed by atoms with van der Waals surface area (Å²) in [5, 5.41) is 8.88. The van der Waals surface area contributed by atoms with Crippen LogP contribution in [-0.2, 0) is 27.2 Å². The van der Waals surface area contributed by atoms with Gasteiger partial charge in [0.1, 0.15) is 11.6 Å². The number of aromatic carboxylic acids is 1. The van der Waals surface area contributed by atoms with E-state index in [9.17, 15) is 28.0 Å². The van der Waals surface area contributed by atoms with Gasteiger partial charge < -0.3 is 19.6 Å². The minimum absolute atomic E-state index is 0. The highest BCUT2D eigenvalue weighted by molar-refractivity contribution is 5.97. The summed E-state index contributed by atoms with van der Waals surface area (Å²) in [6, 6.07) is 19.9. The van der Waals surface area contributed by atoms with Crippen molar-refractivity contribution >= 4 is 35.1 Å². The van der Waals surface area contributed by atoms with E-state index in [0.717, 1.165) is 46.5 Å². The lowest BCUT2D eigenvalue weighted by Crippen LogP contribution is -2.27. The molecule has 1 N–H and O–H groups in total. The molecule has 0 saturated carbocycles. The molecule has 2 amide bonds. The van der Waals surface area contributed by atoms with Crippen molar-refractivity contribution in [2.45, 2.75) is 54.4 Å². The van der Waals surface area contributed by atoms with E-state index in [1.165, 1.54) is 31.4 Å². The highest BCUT2D eigenvalue weighted by Gasteiger charge is 2.25. The molecule has 2 heterocycles. The molecule has 0 aliphatic carbocycles. The third-order valence-electron chi connectivity index (χ3n) is 8.40. The van der Waals surface area contributed by atoms with Crippen LogP contribution in [0.3, 0.4) is 0 Å². The third-order valence-corrected chi connectivity index (χ3v) is 8.40. The number of ether oxygens (including phenoxy) is 1. The molecule has 0 aromatic heterocycles. The first-order valence-electron chi connectivity index (χ1n) is 15.3. The molecule has 0 saturated heterocycles. The van der Waals surface area contributed by atoms with Crippen LogP contribution in [0, 0.1) is 11.6 Å². The number of hydrogen-bond acceptors (Lipinski definition) is 5. The molecule has 0 unspecified atom stereocenters. The van der Waals surface area contributed by atoms with Gasteiger partial charge in [0.05, 0.1) is 18.2 Å². The molecule has 0 bridgehead atoms. The minimum atomic E-state index is -1.28. The predicted octanol–water partition coefficient (Wildman–Crippen LogP) is 8.34. The molecule has 2 aliphatic heterocycles. The van der Waals surface area contributed by atoms with Crippen LogP contribution in [0.4, 0.5) is 20.2 Å². The number of carbonyl (C=O) groups is 4. The number of carboxylic acid groups (broad SMARTS) is 1. The Hall–Kier alpha value is -5.38. The van der Waals surface area contributed by atoms with Crippen molar-refractivity contribution in [2.24, 2.45) is 0 Å². The first kappa shape index (κ1) is 38.1.